The van der Waals surface area contributed by atoms with Crippen LogP contribution >= 0.6 is 7.82 Å². The molecule has 0 fully saturated rings. The third kappa shape index (κ3) is 8.88. The first-order valence-corrected chi connectivity index (χ1v) is 6.49. The molecule has 7 nitrogen and oxygen atoms in total. The van der Waals surface area contributed by atoms with Crippen LogP contribution in [-0.2, 0) is 32.5 Å². The minimum atomic E-state index is -3.79. The highest BCUT2D eigenvalue weighted by atomic mass is 31.2. The van der Waals surface area contributed by atoms with Gasteiger partial charge in [0.05, 0.1) is 19.8 Å². The van der Waals surface area contributed by atoms with E-state index in [0.29, 0.717) is 18.9 Å². The summed E-state index contributed by atoms with van der Waals surface area (Å²) in [4.78, 5) is 30.2. The summed E-state index contributed by atoms with van der Waals surface area (Å²) in [5.41, 5.74) is 0. The van der Waals surface area contributed by atoms with Crippen LogP contribution in [0.2, 0.25) is 0 Å². The molecule has 0 rings (SSSR count). The number of hydrogen-bond donors (Lipinski definition) is 0. The van der Waals surface area contributed by atoms with Crippen molar-refractivity contribution in [2.75, 3.05) is 19.8 Å². The van der Waals surface area contributed by atoms with Gasteiger partial charge in [0, 0.05) is 19.3 Å². The molecule has 98 valence electrons. The highest BCUT2D eigenvalue weighted by Crippen LogP contribution is 2.49. The lowest BCUT2D eigenvalue weighted by atomic mass is 10.5. The van der Waals surface area contributed by atoms with Crippen LogP contribution in [0.5, 0.6) is 0 Å². The van der Waals surface area contributed by atoms with Gasteiger partial charge in [0.25, 0.3) is 0 Å². The van der Waals surface area contributed by atoms with Crippen molar-refractivity contribution in [2.45, 2.75) is 19.3 Å². The average Bonchev–Trinajstić information content (AvgIpc) is 2.30. The van der Waals surface area contributed by atoms with Crippen LogP contribution in [0.15, 0.2) is 0 Å². The van der Waals surface area contributed by atoms with Crippen molar-refractivity contribution in [3.05, 3.63) is 0 Å². The van der Waals surface area contributed by atoms with E-state index in [9.17, 15) is 18.9 Å². The lowest BCUT2D eigenvalue weighted by Crippen LogP contribution is -2.04. The van der Waals surface area contributed by atoms with Gasteiger partial charge in [-0.05, 0) is 0 Å². The molecule has 0 unspecified atom stereocenters. The molecule has 0 radical (unpaired) electrons. The first-order valence-electron chi connectivity index (χ1n) is 5.03. The van der Waals surface area contributed by atoms with Gasteiger partial charge in [0.2, 0.25) is 0 Å². The Morgan fingerprint density at radius 3 is 1.24 bits per heavy atom. The van der Waals surface area contributed by atoms with Crippen molar-refractivity contribution in [1.29, 1.82) is 0 Å². The molecule has 0 amide bonds. The summed E-state index contributed by atoms with van der Waals surface area (Å²) in [7, 11) is -3.79. The third-order valence-electron chi connectivity index (χ3n) is 1.46. The minimum absolute atomic E-state index is 0.0536. The molecule has 8 heteroatoms. The standard InChI is InChI=1S/C9H15O7P/c10-4-1-7-14-17(13,15-8-2-5-11)16-9-3-6-12/h4-6H,1-3,7-9H2. The molecule has 0 aliphatic carbocycles. The summed E-state index contributed by atoms with van der Waals surface area (Å²) in [6, 6.07) is 0. The minimum Gasteiger partial charge on any atom is -0.303 e. The van der Waals surface area contributed by atoms with Crippen molar-refractivity contribution >= 4 is 26.7 Å². The van der Waals surface area contributed by atoms with Gasteiger partial charge in [-0.3, -0.25) is 13.6 Å². The normalized spacial score (nSPS) is 11.1. The Hall–Kier alpha value is -0.880. The largest absolute Gasteiger partial charge is 0.474 e. The number of rotatable bonds is 12. The molecule has 0 aliphatic heterocycles. The van der Waals surface area contributed by atoms with Gasteiger partial charge >= 0.3 is 7.82 Å². The van der Waals surface area contributed by atoms with Gasteiger partial charge in [-0.15, -0.1) is 0 Å². The average molecular weight is 266 g/mol. The maximum atomic E-state index is 11.8. The molecule has 0 aromatic carbocycles. The van der Waals surface area contributed by atoms with Gasteiger partial charge in [-0.1, -0.05) is 0 Å². The smallest absolute Gasteiger partial charge is 0.303 e. The van der Waals surface area contributed by atoms with Gasteiger partial charge < -0.3 is 14.4 Å². The Bertz CT molecular complexity index is 236. The van der Waals surface area contributed by atoms with E-state index >= 15 is 0 Å². The Morgan fingerprint density at radius 1 is 0.706 bits per heavy atom. The highest BCUT2D eigenvalue weighted by molar-refractivity contribution is 7.48. The fraction of sp³-hybridized carbons (Fsp3) is 0.667. The fourth-order valence-corrected chi connectivity index (χ4v) is 1.96. The molecule has 0 atom stereocenters. The van der Waals surface area contributed by atoms with Crippen molar-refractivity contribution in [1.82, 2.24) is 0 Å². The lowest BCUT2D eigenvalue weighted by Gasteiger charge is -2.16. The van der Waals surface area contributed by atoms with E-state index in [1.165, 1.54) is 0 Å². The molecule has 0 aromatic heterocycles. The van der Waals surface area contributed by atoms with Crippen LogP contribution in [0.4, 0.5) is 0 Å². The highest BCUT2D eigenvalue weighted by Gasteiger charge is 2.25. The quantitative estimate of drug-likeness (QED) is 0.294. The molecule has 0 aliphatic rings. The van der Waals surface area contributed by atoms with Crippen LogP contribution in [0, 0.1) is 0 Å². The second-order valence-corrected chi connectivity index (χ2v) is 4.48. The zero-order valence-electron chi connectivity index (χ0n) is 9.28. The molecule has 0 bridgehead atoms. The van der Waals surface area contributed by atoms with Crippen molar-refractivity contribution in [3.8, 4) is 0 Å². The molecule has 0 heterocycles. The number of hydrogen-bond acceptors (Lipinski definition) is 7. The van der Waals surface area contributed by atoms with E-state index in [4.69, 9.17) is 13.6 Å². The van der Waals surface area contributed by atoms with Gasteiger partial charge in [0.1, 0.15) is 18.9 Å². The van der Waals surface area contributed by atoms with E-state index in [0.717, 1.165) is 0 Å². The third-order valence-corrected chi connectivity index (χ3v) is 2.95. The Balaban J connectivity index is 4.12. The van der Waals surface area contributed by atoms with E-state index in [2.05, 4.69) is 0 Å². The van der Waals surface area contributed by atoms with E-state index < -0.39 is 7.82 Å². The summed E-state index contributed by atoms with van der Waals surface area (Å²) >= 11 is 0. The molecular weight excluding hydrogens is 251 g/mol. The van der Waals surface area contributed by atoms with Crippen molar-refractivity contribution in [2.24, 2.45) is 0 Å². The van der Waals surface area contributed by atoms with Gasteiger partial charge in [0.15, 0.2) is 0 Å². The molecule has 0 aromatic rings. The summed E-state index contributed by atoms with van der Waals surface area (Å²) in [5, 5.41) is 0. The van der Waals surface area contributed by atoms with Gasteiger partial charge in [-0.25, -0.2) is 4.57 Å². The SMILES string of the molecule is O=CCCOP(=O)(OCCC=O)OCCC=O. The summed E-state index contributed by atoms with van der Waals surface area (Å²) in [6.45, 7) is -0.325. The van der Waals surface area contributed by atoms with Crippen LogP contribution in [0.1, 0.15) is 19.3 Å². The number of carbonyl (C=O) groups is 3. The van der Waals surface area contributed by atoms with Gasteiger partial charge in [-0.2, -0.15) is 0 Å². The predicted molar refractivity (Wildman–Crippen MR) is 57.5 cm³/mol. The first-order chi connectivity index (χ1) is 8.18. The maximum Gasteiger partial charge on any atom is 0.474 e. The number of aldehydes is 3. The first kappa shape index (κ1) is 16.1. The Morgan fingerprint density at radius 2 is 1.00 bits per heavy atom. The fourth-order valence-electron chi connectivity index (χ4n) is 0.750. The second kappa shape index (κ2) is 10.3. The number of carbonyl (C=O) groups excluding carboxylic acids is 3. The van der Waals surface area contributed by atoms with E-state index in [1.807, 2.05) is 0 Å². The molecule has 0 spiro atoms. The number of phosphoric acid groups is 1. The topological polar surface area (TPSA) is 96.0 Å². The summed E-state index contributed by atoms with van der Waals surface area (Å²) < 4.78 is 26.3. The van der Waals surface area contributed by atoms with Crippen molar-refractivity contribution in [3.63, 3.8) is 0 Å². The zero-order chi connectivity index (χ0) is 13.0. The van der Waals surface area contributed by atoms with E-state index in [-0.39, 0.29) is 39.1 Å². The Labute approximate surface area is 99.0 Å². The molecule has 0 saturated heterocycles. The lowest BCUT2D eigenvalue weighted by molar-refractivity contribution is -0.108. The monoisotopic (exact) mass is 266 g/mol. The Kier molecular flexibility index (Phi) is 9.75. The van der Waals surface area contributed by atoms with E-state index in [1.54, 1.807) is 0 Å². The van der Waals surface area contributed by atoms with Crippen LogP contribution in [0.25, 0.3) is 0 Å². The van der Waals surface area contributed by atoms with Crippen LogP contribution < -0.4 is 0 Å². The maximum absolute atomic E-state index is 11.8. The van der Waals surface area contributed by atoms with Crippen LogP contribution in [0.3, 0.4) is 0 Å². The molecule has 17 heavy (non-hydrogen) atoms. The zero-order valence-corrected chi connectivity index (χ0v) is 10.2. The molecule has 0 saturated carbocycles. The van der Waals surface area contributed by atoms with Crippen molar-refractivity contribution < 1.29 is 32.5 Å². The molecular formula is C9H15O7P. The molecule has 0 N–H and O–H groups in total. The summed E-state index contributed by atoms with van der Waals surface area (Å²) in [6.07, 6.45) is 1.96. The number of phosphoric ester groups is 1. The predicted octanol–water partition coefficient (Wildman–Crippen LogP) is 0.911. The van der Waals surface area contributed by atoms with Crippen LogP contribution in [-0.4, -0.2) is 38.7 Å². The summed E-state index contributed by atoms with van der Waals surface area (Å²) in [5.74, 6) is 0. The second-order valence-electron chi connectivity index (χ2n) is 2.81.